The van der Waals surface area contributed by atoms with Gasteiger partial charge in [0, 0.05) is 11.8 Å². The molecule has 126 valence electrons. The predicted molar refractivity (Wildman–Crippen MR) is 86.3 cm³/mol. The van der Waals surface area contributed by atoms with E-state index in [-0.39, 0.29) is 12.2 Å². The molecule has 1 unspecified atom stereocenters. The highest BCUT2D eigenvalue weighted by Crippen LogP contribution is 2.31. The van der Waals surface area contributed by atoms with Crippen LogP contribution in [-0.2, 0) is 6.54 Å². The first-order chi connectivity index (χ1) is 12.0. The molecule has 0 saturated heterocycles. The lowest BCUT2D eigenvalue weighted by molar-refractivity contribution is 0.199. The lowest BCUT2D eigenvalue weighted by Crippen LogP contribution is -2.05. The number of imidazole rings is 1. The third-order valence-electron chi connectivity index (χ3n) is 3.77. The van der Waals surface area contributed by atoms with Crippen molar-refractivity contribution in [2.75, 3.05) is 0 Å². The molecule has 2 aromatic heterocycles. The van der Waals surface area contributed by atoms with Crippen LogP contribution in [0.5, 0.6) is 0 Å². The van der Waals surface area contributed by atoms with Gasteiger partial charge in [0.15, 0.2) is 5.69 Å². The maximum atomic E-state index is 13.8. The van der Waals surface area contributed by atoms with Gasteiger partial charge >= 0.3 is 0 Å². The molecule has 0 saturated carbocycles. The van der Waals surface area contributed by atoms with Crippen molar-refractivity contribution >= 4 is 0 Å². The standard InChI is InChI=1S/C18H14F2N4O/c1-11(25)16-4-12(19)2-3-15(16)17-5-13(20)7-22-18(17)9-24-8-14(6-21)23-10-24/h2-5,7-8,10-11,25H,9H2,1H3. The topological polar surface area (TPSA) is 74.7 Å². The highest BCUT2D eigenvalue weighted by Gasteiger charge is 2.16. The van der Waals surface area contributed by atoms with Crippen LogP contribution in [-0.4, -0.2) is 19.6 Å². The molecular formula is C18H14F2N4O. The van der Waals surface area contributed by atoms with Gasteiger partial charge in [-0.05, 0) is 36.2 Å². The second-order valence-electron chi connectivity index (χ2n) is 5.60. The van der Waals surface area contributed by atoms with E-state index < -0.39 is 17.7 Å². The molecule has 1 aromatic carbocycles. The van der Waals surface area contributed by atoms with E-state index in [1.807, 2.05) is 6.07 Å². The van der Waals surface area contributed by atoms with Crippen LogP contribution in [0.1, 0.15) is 30.0 Å². The maximum absolute atomic E-state index is 13.8. The van der Waals surface area contributed by atoms with Crippen molar-refractivity contribution in [3.05, 3.63) is 71.6 Å². The molecule has 0 bridgehead atoms. The quantitative estimate of drug-likeness (QED) is 0.791. The van der Waals surface area contributed by atoms with Gasteiger partial charge in [-0.2, -0.15) is 5.26 Å². The van der Waals surface area contributed by atoms with Crippen molar-refractivity contribution in [3.8, 4) is 17.2 Å². The minimum absolute atomic E-state index is 0.251. The molecule has 0 amide bonds. The number of aromatic nitrogens is 3. The van der Waals surface area contributed by atoms with Gasteiger partial charge in [-0.25, -0.2) is 13.8 Å². The van der Waals surface area contributed by atoms with Crippen LogP contribution >= 0.6 is 0 Å². The fraction of sp³-hybridized carbons (Fsp3) is 0.167. The highest BCUT2D eigenvalue weighted by molar-refractivity contribution is 5.70. The van der Waals surface area contributed by atoms with Gasteiger partial charge < -0.3 is 9.67 Å². The van der Waals surface area contributed by atoms with Crippen LogP contribution in [0.3, 0.4) is 0 Å². The van der Waals surface area contributed by atoms with Crippen LogP contribution in [0.2, 0.25) is 0 Å². The summed E-state index contributed by atoms with van der Waals surface area (Å²) >= 11 is 0. The molecule has 0 fully saturated rings. The van der Waals surface area contributed by atoms with Crippen LogP contribution in [0.25, 0.3) is 11.1 Å². The number of aliphatic hydroxyl groups is 1. The highest BCUT2D eigenvalue weighted by atomic mass is 19.1. The molecule has 0 aliphatic heterocycles. The first-order valence-corrected chi connectivity index (χ1v) is 7.52. The number of nitriles is 1. The molecule has 5 nitrogen and oxygen atoms in total. The lowest BCUT2D eigenvalue weighted by atomic mass is 9.95. The van der Waals surface area contributed by atoms with E-state index >= 15 is 0 Å². The summed E-state index contributed by atoms with van der Waals surface area (Å²) in [6, 6.07) is 7.19. The Balaban J connectivity index is 2.10. The summed E-state index contributed by atoms with van der Waals surface area (Å²) < 4.78 is 29.0. The normalized spacial score (nSPS) is 12.0. The van der Waals surface area contributed by atoms with E-state index in [2.05, 4.69) is 9.97 Å². The van der Waals surface area contributed by atoms with Gasteiger partial charge in [-0.3, -0.25) is 4.98 Å². The van der Waals surface area contributed by atoms with E-state index in [0.29, 0.717) is 22.4 Å². The third-order valence-corrected chi connectivity index (χ3v) is 3.77. The SMILES string of the molecule is CC(O)c1cc(F)ccc1-c1cc(F)cnc1Cn1cnc(C#N)c1. The van der Waals surface area contributed by atoms with Crippen LogP contribution < -0.4 is 0 Å². The third kappa shape index (κ3) is 3.54. The molecule has 0 aliphatic carbocycles. The summed E-state index contributed by atoms with van der Waals surface area (Å²) in [7, 11) is 0. The Morgan fingerprint density at radius 1 is 1.20 bits per heavy atom. The number of nitrogens with zero attached hydrogens (tertiary/aromatic N) is 4. The van der Waals surface area contributed by atoms with Crippen molar-refractivity contribution in [2.45, 2.75) is 19.6 Å². The molecule has 0 radical (unpaired) electrons. The Morgan fingerprint density at radius 2 is 2.00 bits per heavy atom. The average Bonchev–Trinajstić information content (AvgIpc) is 3.04. The van der Waals surface area contributed by atoms with Crippen LogP contribution in [0.4, 0.5) is 8.78 Å². The van der Waals surface area contributed by atoms with Crippen LogP contribution in [0, 0.1) is 23.0 Å². The van der Waals surface area contributed by atoms with E-state index in [1.54, 1.807) is 10.8 Å². The Bertz CT molecular complexity index is 960. The fourth-order valence-electron chi connectivity index (χ4n) is 2.63. The van der Waals surface area contributed by atoms with Gasteiger partial charge in [0.05, 0.1) is 30.9 Å². The van der Waals surface area contributed by atoms with E-state index in [9.17, 15) is 13.9 Å². The zero-order valence-electron chi connectivity index (χ0n) is 13.3. The number of benzene rings is 1. The van der Waals surface area contributed by atoms with Gasteiger partial charge in [0.25, 0.3) is 0 Å². The summed E-state index contributed by atoms with van der Waals surface area (Å²) in [5, 5.41) is 18.8. The Hall–Kier alpha value is -3.11. The first-order valence-electron chi connectivity index (χ1n) is 7.52. The summed E-state index contributed by atoms with van der Waals surface area (Å²) in [5.41, 5.74) is 2.06. The minimum atomic E-state index is -0.930. The molecule has 1 atom stereocenters. The number of pyridine rings is 1. The summed E-state index contributed by atoms with van der Waals surface area (Å²) in [6.45, 7) is 1.76. The smallest absolute Gasteiger partial charge is 0.158 e. The molecule has 3 aromatic rings. The number of hydrogen-bond acceptors (Lipinski definition) is 4. The molecular weight excluding hydrogens is 326 g/mol. The Kier molecular flexibility index (Phi) is 4.55. The number of rotatable bonds is 4. The van der Waals surface area contributed by atoms with Crippen molar-refractivity contribution in [3.63, 3.8) is 0 Å². The van der Waals surface area contributed by atoms with Crippen LogP contribution in [0.15, 0.2) is 43.0 Å². The summed E-state index contributed by atoms with van der Waals surface area (Å²) in [6.07, 6.45) is 3.19. The Labute approximate surface area is 142 Å². The van der Waals surface area contributed by atoms with Crippen molar-refractivity contribution < 1.29 is 13.9 Å². The molecule has 25 heavy (non-hydrogen) atoms. The molecule has 1 N–H and O–H groups in total. The van der Waals surface area contributed by atoms with Gasteiger partial charge in [-0.15, -0.1) is 0 Å². The van der Waals surface area contributed by atoms with E-state index in [1.165, 1.54) is 37.5 Å². The van der Waals surface area contributed by atoms with E-state index in [4.69, 9.17) is 5.26 Å². The predicted octanol–water partition coefficient (Wildman–Crippen LogP) is 3.20. The zero-order chi connectivity index (χ0) is 18.0. The lowest BCUT2D eigenvalue weighted by Gasteiger charge is -2.15. The second-order valence-corrected chi connectivity index (χ2v) is 5.60. The largest absolute Gasteiger partial charge is 0.389 e. The zero-order valence-corrected chi connectivity index (χ0v) is 13.3. The second kappa shape index (κ2) is 6.79. The van der Waals surface area contributed by atoms with Gasteiger partial charge in [0.2, 0.25) is 0 Å². The average molecular weight is 340 g/mol. The molecule has 0 aliphatic rings. The first kappa shape index (κ1) is 16.7. The van der Waals surface area contributed by atoms with Crippen molar-refractivity contribution in [2.24, 2.45) is 0 Å². The number of hydrogen-bond donors (Lipinski definition) is 1. The molecule has 3 rings (SSSR count). The van der Waals surface area contributed by atoms with Crippen molar-refractivity contribution in [1.82, 2.24) is 14.5 Å². The monoisotopic (exact) mass is 340 g/mol. The molecule has 0 spiro atoms. The van der Waals surface area contributed by atoms with Gasteiger partial charge in [-0.1, -0.05) is 6.07 Å². The summed E-state index contributed by atoms with van der Waals surface area (Å²) in [4.78, 5) is 8.04. The van der Waals surface area contributed by atoms with Crippen molar-refractivity contribution in [1.29, 1.82) is 5.26 Å². The van der Waals surface area contributed by atoms with Gasteiger partial charge in [0.1, 0.15) is 17.7 Å². The maximum Gasteiger partial charge on any atom is 0.158 e. The number of halogens is 2. The molecule has 7 heteroatoms. The van der Waals surface area contributed by atoms with E-state index in [0.717, 1.165) is 6.20 Å². The fourth-order valence-corrected chi connectivity index (χ4v) is 2.63. The summed E-state index contributed by atoms with van der Waals surface area (Å²) in [5.74, 6) is -1.03. The minimum Gasteiger partial charge on any atom is -0.389 e. The molecule has 2 heterocycles. The number of aliphatic hydroxyl groups excluding tert-OH is 1. The Morgan fingerprint density at radius 3 is 2.68 bits per heavy atom.